The Morgan fingerprint density at radius 2 is 0.412 bits per heavy atom. The summed E-state index contributed by atoms with van der Waals surface area (Å²) < 4.78 is 66.1. The largest absolute Gasteiger partial charge is 2.00 e. The minimum Gasteiger partial charge on any atom is -0.809 e. The Hall–Kier alpha value is 5.46. The van der Waals surface area contributed by atoms with E-state index in [1.54, 1.807) is 0 Å². The van der Waals surface area contributed by atoms with Gasteiger partial charge in [-0.3, -0.25) is 4.90 Å². The molecule has 31 heteroatoms. The first-order chi connectivity index (χ1) is 11.7. The topological polar surface area (TPSA) is 382 Å². The number of nitrogens with zero attached hydrogens (tertiary/aromatic N) is 1. The molecule has 0 aliphatic heterocycles. The fourth-order valence-electron chi connectivity index (χ4n) is 1.86. The molecule has 0 aromatic rings. The second kappa shape index (κ2) is 18.9. The molecule has 0 atom stereocenters. The molecule has 0 rings (SSSR count). The molecular formula is C3H3Mg6NO18P6. The quantitative estimate of drug-likeness (QED) is 0.162. The molecule has 0 saturated heterocycles. The molecule has 0 aliphatic carbocycles. The van der Waals surface area contributed by atoms with Crippen LogP contribution in [-0.4, -0.2) is 160 Å². The van der Waals surface area contributed by atoms with Crippen molar-refractivity contribution in [3.8, 4) is 0 Å². The third kappa shape index (κ3) is 17.4. The van der Waals surface area contributed by atoms with Crippen LogP contribution in [0.4, 0.5) is 0 Å². The summed E-state index contributed by atoms with van der Waals surface area (Å²) in [6.45, 7) is 0. The van der Waals surface area contributed by atoms with Crippen LogP contribution in [-0.2, 0) is 27.4 Å². The predicted molar refractivity (Wildman–Crippen MR) is 93.4 cm³/mol. The van der Waals surface area contributed by atoms with Crippen molar-refractivity contribution >= 4 is 184 Å². The van der Waals surface area contributed by atoms with Crippen LogP contribution in [0.2, 0.25) is 0 Å². The maximum atomic E-state index is 11.0. The summed E-state index contributed by atoms with van der Waals surface area (Å²) in [5.74, 6) is 0. The minimum atomic E-state index is -7.40. The second-order valence-corrected chi connectivity index (χ2v) is 15.4. The van der Waals surface area contributed by atoms with Gasteiger partial charge in [-0.15, -0.1) is 0 Å². The summed E-state index contributed by atoms with van der Waals surface area (Å²) in [5, 5.41) is 0. The van der Waals surface area contributed by atoms with Crippen LogP contribution < -0.4 is 58.7 Å². The SMILES string of the molecule is O=P([O-])([O-])C(N(C(P(=O)([O-])[O-])P(=O)([O-])[O-])C(P(=O)([O-])[O-])P(=O)([O-])[O-])P(=O)([O-])[O-].[Mg+2].[Mg+2].[Mg+2].[Mg+2].[Mg+2].[Mg+2]. The van der Waals surface area contributed by atoms with Gasteiger partial charge in [-0.05, 0) is 45.6 Å². The third-order valence-corrected chi connectivity index (χ3v) is 12.6. The maximum Gasteiger partial charge on any atom is 2.00 e. The molecule has 19 nitrogen and oxygen atoms in total. The molecule has 34 heavy (non-hydrogen) atoms. The number of rotatable bonds is 9. The van der Waals surface area contributed by atoms with Crippen LogP contribution in [0.3, 0.4) is 0 Å². The summed E-state index contributed by atoms with van der Waals surface area (Å²) in [5.41, 5.74) is -14.8. The molecule has 0 fully saturated rings. The first kappa shape index (κ1) is 55.4. The smallest absolute Gasteiger partial charge is 0.809 e. The summed E-state index contributed by atoms with van der Waals surface area (Å²) in [6, 6.07) is 0. The maximum absolute atomic E-state index is 11.0. The minimum absolute atomic E-state index is 0. The Kier molecular flexibility index (Phi) is 30.8. The summed E-state index contributed by atoms with van der Waals surface area (Å²) in [7, 11) is -44.4. The molecular weight excluding hydrogens is 670 g/mol. The summed E-state index contributed by atoms with van der Waals surface area (Å²) in [6.07, 6.45) is 0. The molecule has 0 amide bonds. The van der Waals surface area contributed by atoms with E-state index in [1.165, 1.54) is 0 Å². The van der Waals surface area contributed by atoms with E-state index < -0.39 is 67.0 Å². The summed E-state index contributed by atoms with van der Waals surface area (Å²) in [4.78, 5) is 130. The van der Waals surface area contributed by atoms with Crippen molar-refractivity contribution in [2.75, 3.05) is 0 Å². The van der Waals surface area contributed by atoms with E-state index in [9.17, 15) is 86.1 Å². The molecule has 0 spiro atoms. The number of hydrogen-bond donors (Lipinski definition) is 0. The van der Waals surface area contributed by atoms with E-state index >= 15 is 0 Å². The van der Waals surface area contributed by atoms with Crippen molar-refractivity contribution in [1.82, 2.24) is 4.90 Å². The van der Waals surface area contributed by atoms with E-state index in [4.69, 9.17) is 0 Å². The molecule has 0 aromatic heterocycles. The van der Waals surface area contributed by atoms with Gasteiger partial charge in [-0.25, -0.2) is 0 Å². The molecule has 0 radical (unpaired) electrons. The van der Waals surface area contributed by atoms with Gasteiger partial charge in [0.2, 0.25) is 0 Å². The zero-order valence-corrected chi connectivity index (χ0v) is 30.3. The molecule has 0 saturated carbocycles. The fraction of sp³-hybridized carbons (Fsp3) is 1.00. The third-order valence-electron chi connectivity index (χ3n) is 2.50. The predicted octanol–water partition coefficient (Wildman–Crippen LogP) is -12.7. The normalized spacial score (nSPS) is 13.1. The van der Waals surface area contributed by atoms with Gasteiger partial charge in [0.1, 0.15) is 0 Å². The standard InChI is InChI=1S/C3H15NO18P6.6Mg/c5-23(6,7)1(24(8,9)10)4(2(25(11,12)13)26(14,15)16)3(27(17,18)19)28(20,21)22;;;;;;/h1-3H,(H2,5,6,7)(H2,8,9,10)(H2,11,12,13)(H2,14,15,16)(H2,17,18,19)(H2,20,21,22);;;;;;/q;6*+2/p-12. The fourth-order valence-corrected chi connectivity index (χ4v) is 10.8. The van der Waals surface area contributed by atoms with E-state index in [1.807, 2.05) is 0 Å². The summed E-state index contributed by atoms with van der Waals surface area (Å²) >= 11 is 0. The van der Waals surface area contributed by atoms with Crippen molar-refractivity contribution in [2.45, 2.75) is 16.6 Å². The van der Waals surface area contributed by atoms with Gasteiger partial charge in [0, 0.05) is 0 Å². The zero-order chi connectivity index (χ0) is 23.3. The van der Waals surface area contributed by atoms with Crippen molar-refractivity contribution < 1.29 is 86.1 Å². The van der Waals surface area contributed by atoms with Gasteiger partial charge in [-0.1, -0.05) is 0 Å². The first-order valence-electron chi connectivity index (χ1n) is 5.61. The van der Waals surface area contributed by atoms with E-state index in [2.05, 4.69) is 0 Å². The Balaban J connectivity index is -0.000000243. The Bertz CT molecular complexity index is 698. The van der Waals surface area contributed by atoms with Crippen molar-refractivity contribution in [3.63, 3.8) is 0 Å². The first-order valence-corrected chi connectivity index (χ1v) is 15.3. The number of hydrogen-bond acceptors (Lipinski definition) is 19. The van der Waals surface area contributed by atoms with Crippen LogP contribution in [0.1, 0.15) is 0 Å². The van der Waals surface area contributed by atoms with E-state index in [0.29, 0.717) is 0 Å². The average Bonchev–Trinajstić information content (AvgIpc) is 2.13. The molecule has 0 aromatic carbocycles. The van der Waals surface area contributed by atoms with Crippen LogP contribution in [0.5, 0.6) is 0 Å². The zero-order valence-electron chi connectivity index (χ0n) is 16.5. The van der Waals surface area contributed by atoms with Crippen molar-refractivity contribution in [2.24, 2.45) is 0 Å². The molecule has 0 bridgehead atoms. The van der Waals surface area contributed by atoms with Gasteiger partial charge in [-0.2, -0.15) is 0 Å². The van der Waals surface area contributed by atoms with E-state index in [-0.39, 0.29) is 138 Å². The van der Waals surface area contributed by atoms with Gasteiger partial charge < -0.3 is 86.1 Å². The molecule has 0 heterocycles. The average molecular weight is 673 g/mol. The van der Waals surface area contributed by atoms with Gasteiger partial charge in [0.25, 0.3) is 0 Å². The molecule has 170 valence electrons. The van der Waals surface area contributed by atoms with Crippen LogP contribution in [0.15, 0.2) is 0 Å². The molecule has 0 aliphatic rings. The van der Waals surface area contributed by atoms with Gasteiger partial charge in [0.05, 0.1) is 16.6 Å². The molecule has 0 unspecified atom stereocenters. The van der Waals surface area contributed by atoms with Crippen LogP contribution in [0, 0.1) is 0 Å². The van der Waals surface area contributed by atoms with Crippen molar-refractivity contribution in [3.05, 3.63) is 0 Å². The van der Waals surface area contributed by atoms with E-state index in [0.717, 1.165) is 0 Å². The van der Waals surface area contributed by atoms with Gasteiger partial charge in [0.15, 0.2) is 0 Å². The monoisotopic (exact) mass is 671 g/mol. The Labute approximate surface area is 287 Å². The Morgan fingerprint density at radius 3 is 0.471 bits per heavy atom. The van der Waals surface area contributed by atoms with Crippen LogP contribution >= 0.6 is 45.6 Å². The van der Waals surface area contributed by atoms with Crippen LogP contribution in [0.25, 0.3) is 0 Å². The molecule has 0 N–H and O–H groups in total. The van der Waals surface area contributed by atoms with Crippen molar-refractivity contribution in [1.29, 1.82) is 0 Å². The second-order valence-electron chi connectivity index (χ2n) is 4.73. The van der Waals surface area contributed by atoms with Gasteiger partial charge >= 0.3 is 138 Å². The Morgan fingerprint density at radius 1 is 0.324 bits per heavy atom.